The van der Waals surface area contributed by atoms with E-state index in [1.165, 1.54) is 57.4 Å². The van der Waals surface area contributed by atoms with Crippen LogP contribution in [0.2, 0.25) is 0 Å². The Balaban J connectivity index is 1.72. The number of alkyl halides is 1. The lowest BCUT2D eigenvalue weighted by Gasteiger charge is -2.42. The third-order valence-corrected chi connectivity index (χ3v) is 5.33. The van der Waals surface area contributed by atoms with Crippen molar-refractivity contribution >= 4 is 0 Å². The van der Waals surface area contributed by atoms with Gasteiger partial charge in [0.05, 0.1) is 7.11 Å². The highest BCUT2D eigenvalue weighted by Gasteiger charge is 2.40. The topological polar surface area (TPSA) is 12.5 Å². The van der Waals surface area contributed by atoms with Gasteiger partial charge in [0.1, 0.15) is 17.2 Å². The second kappa shape index (κ2) is 6.53. The summed E-state index contributed by atoms with van der Waals surface area (Å²) in [6.07, 6.45) is 7.23. The third kappa shape index (κ3) is 3.12. The smallest absolute Gasteiger partial charge is 0.142 e. The molecular formula is C18H25F2NO. The predicted octanol–water partition coefficient (Wildman–Crippen LogP) is 4.43. The van der Waals surface area contributed by atoms with Crippen LogP contribution in [-0.2, 0) is 5.67 Å². The number of likely N-dealkylation sites (tertiary alicyclic amines) is 1. The monoisotopic (exact) mass is 309 g/mol. The first-order valence-corrected chi connectivity index (χ1v) is 8.39. The van der Waals surface area contributed by atoms with E-state index in [-0.39, 0.29) is 0 Å². The van der Waals surface area contributed by atoms with Crippen LogP contribution in [0.5, 0.6) is 5.75 Å². The van der Waals surface area contributed by atoms with E-state index in [0.717, 1.165) is 13.1 Å². The van der Waals surface area contributed by atoms with E-state index >= 15 is 4.39 Å². The molecule has 0 spiro atoms. The molecule has 1 aliphatic heterocycles. The van der Waals surface area contributed by atoms with Gasteiger partial charge >= 0.3 is 0 Å². The van der Waals surface area contributed by atoms with Crippen LogP contribution >= 0.6 is 0 Å². The lowest BCUT2D eigenvalue weighted by atomic mass is 9.83. The molecule has 0 radical (unpaired) electrons. The van der Waals surface area contributed by atoms with Crippen molar-refractivity contribution in [3.8, 4) is 5.75 Å². The van der Waals surface area contributed by atoms with Gasteiger partial charge in [-0.25, -0.2) is 8.78 Å². The maximum atomic E-state index is 15.4. The Morgan fingerprint density at radius 2 is 1.82 bits per heavy atom. The number of methoxy groups -OCH3 is 1. The first-order valence-electron chi connectivity index (χ1n) is 8.39. The standard InChI is InChI=1S/C18H25F2NO/c1-22-17-8-7-14(19)13-16(17)18(20)9-11-21(12-10-18)15-5-3-2-4-6-15/h7-8,13,15H,2-6,9-12H2,1H3. The average molecular weight is 309 g/mol. The van der Waals surface area contributed by atoms with Gasteiger partial charge in [0.25, 0.3) is 0 Å². The van der Waals surface area contributed by atoms with Gasteiger partial charge in [-0.1, -0.05) is 19.3 Å². The molecule has 1 saturated heterocycles. The summed E-state index contributed by atoms with van der Waals surface area (Å²) in [4.78, 5) is 2.43. The number of hydrogen-bond acceptors (Lipinski definition) is 2. The van der Waals surface area contributed by atoms with Gasteiger partial charge in [0.2, 0.25) is 0 Å². The van der Waals surface area contributed by atoms with Gasteiger partial charge in [-0.15, -0.1) is 0 Å². The van der Waals surface area contributed by atoms with Gasteiger partial charge in [-0.05, 0) is 43.9 Å². The Morgan fingerprint density at radius 1 is 1.14 bits per heavy atom. The van der Waals surface area contributed by atoms with E-state index in [1.807, 2.05) is 0 Å². The van der Waals surface area contributed by atoms with Crippen molar-refractivity contribution in [1.82, 2.24) is 4.90 Å². The molecule has 1 aromatic rings. The summed E-state index contributed by atoms with van der Waals surface area (Å²) in [7, 11) is 1.51. The Labute approximate surface area is 131 Å². The van der Waals surface area contributed by atoms with Crippen LogP contribution in [-0.4, -0.2) is 31.1 Å². The minimum Gasteiger partial charge on any atom is -0.496 e. The summed E-state index contributed by atoms with van der Waals surface area (Å²) < 4.78 is 34.2. The molecule has 0 amide bonds. The molecule has 2 nitrogen and oxygen atoms in total. The van der Waals surface area contributed by atoms with Gasteiger partial charge in [0.15, 0.2) is 0 Å². The summed E-state index contributed by atoms with van der Waals surface area (Å²) in [5, 5.41) is 0. The highest BCUT2D eigenvalue weighted by molar-refractivity contribution is 5.39. The van der Waals surface area contributed by atoms with Crippen LogP contribution < -0.4 is 4.74 Å². The molecule has 1 saturated carbocycles. The molecule has 2 aliphatic rings. The molecule has 4 heteroatoms. The molecule has 0 bridgehead atoms. The summed E-state index contributed by atoms with van der Waals surface area (Å²) in [6, 6.07) is 4.77. The second-order valence-corrected chi connectivity index (χ2v) is 6.64. The minimum absolute atomic E-state index is 0.373. The van der Waals surface area contributed by atoms with E-state index in [4.69, 9.17) is 4.74 Å². The van der Waals surface area contributed by atoms with Gasteiger partial charge in [-0.2, -0.15) is 0 Å². The van der Waals surface area contributed by atoms with Crippen molar-refractivity contribution in [3.63, 3.8) is 0 Å². The molecule has 0 aromatic heterocycles. The third-order valence-electron chi connectivity index (χ3n) is 5.33. The van der Waals surface area contributed by atoms with E-state index in [1.54, 1.807) is 0 Å². The first-order chi connectivity index (χ1) is 10.6. The quantitative estimate of drug-likeness (QED) is 0.819. The molecule has 122 valence electrons. The van der Waals surface area contributed by atoms with Crippen LogP contribution in [0.1, 0.15) is 50.5 Å². The molecule has 0 unspecified atom stereocenters. The average Bonchev–Trinajstić information content (AvgIpc) is 2.56. The van der Waals surface area contributed by atoms with Gasteiger partial charge < -0.3 is 9.64 Å². The zero-order valence-electron chi connectivity index (χ0n) is 13.3. The zero-order valence-corrected chi connectivity index (χ0v) is 13.3. The van der Waals surface area contributed by atoms with E-state index in [9.17, 15) is 4.39 Å². The number of benzene rings is 1. The number of piperidine rings is 1. The van der Waals surface area contributed by atoms with E-state index in [0.29, 0.717) is 30.2 Å². The fraction of sp³-hybridized carbons (Fsp3) is 0.667. The lowest BCUT2D eigenvalue weighted by Crippen LogP contribution is -2.46. The normalized spacial score (nSPS) is 23.4. The predicted molar refractivity (Wildman–Crippen MR) is 83.4 cm³/mol. The molecule has 1 aromatic carbocycles. The van der Waals surface area contributed by atoms with Crippen LogP contribution in [0.25, 0.3) is 0 Å². The van der Waals surface area contributed by atoms with Gasteiger partial charge in [-0.3, -0.25) is 0 Å². The van der Waals surface area contributed by atoms with Gasteiger partial charge in [0, 0.05) is 24.7 Å². The summed E-state index contributed by atoms with van der Waals surface area (Å²) in [5.41, 5.74) is -1.10. The zero-order chi connectivity index (χ0) is 15.6. The Morgan fingerprint density at radius 3 is 2.45 bits per heavy atom. The number of ether oxygens (including phenoxy) is 1. The van der Waals surface area contributed by atoms with Crippen LogP contribution in [0.15, 0.2) is 18.2 Å². The van der Waals surface area contributed by atoms with Crippen molar-refractivity contribution in [2.24, 2.45) is 0 Å². The molecule has 1 heterocycles. The minimum atomic E-state index is -1.47. The Hall–Kier alpha value is -1.16. The molecule has 3 rings (SSSR count). The SMILES string of the molecule is COc1ccc(F)cc1C1(F)CCN(C2CCCCC2)CC1. The van der Waals surface area contributed by atoms with E-state index in [2.05, 4.69) is 4.90 Å². The molecule has 0 N–H and O–H groups in total. The maximum Gasteiger partial charge on any atom is 0.142 e. The molecule has 1 aliphatic carbocycles. The fourth-order valence-electron chi connectivity index (χ4n) is 3.99. The van der Waals surface area contributed by atoms with Crippen molar-refractivity contribution in [1.29, 1.82) is 0 Å². The Bertz CT molecular complexity index is 506. The summed E-state index contributed by atoms with van der Waals surface area (Å²) >= 11 is 0. The number of rotatable bonds is 3. The summed E-state index contributed by atoms with van der Waals surface area (Å²) in [5.74, 6) is 0.0533. The summed E-state index contributed by atoms with van der Waals surface area (Å²) in [6.45, 7) is 1.50. The largest absolute Gasteiger partial charge is 0.496 e. The number of nitrogens with zero attached hydrogens (tertiary/aromatic N) is 1. The van der Waals surface area contributed by atoms with Crippen LogP contribution in [0, 0.1) is 5.82 Å². The second-order valence-electron chi connectivity index (χ2n) is 6.64. The lowest BCUT2D eigenvalue weighted by molar-refractivity contribution is 0.0253. The van der Waals surface area contributed by atoms with Crippen molar-refractivity contribution in [2.75, 3.05) is 20.2 Å². The molecule has 0 atom stereocenters. The van der Waals surface area contributed by atoms with Crippen molar-refractivity contribution in [3.05, 3.63) is 29.6 Å². The van der Waals surface area contributed by atoms with Crippen molar-refractivity contribution in [2.45, 2.75) is 56.7 Å². The van der Waals surface area contributed by atoms with E-state index < -0.39 is 11.5 Å². The maximum absolute atomic E-state index is 15.4. The highest BCUT2D eigenvalue weighted by Crippen LogP contribution is 2.42. The number of hydrogen-bond donors (Lipinski definition) is 0. The molecule has 22 heavy (non-hydrogen) atoms. The highest BCUT2D eigenvalue weighted by atomic mass is 19.1. The molecular weight excluding hydrogens is 284 g/mol. The van der Waals surface area contributed by atoms with Crippen LogP contribution in [0.3, 0.4) is 0 Å². The number of halogens is 2. The Kier molecular flexibility index (Phi) is 4.67. The van der Waals surface area contributed by atoms with Crippen molar-refractivity contribution < 1.29 is 13.5 Å². The van der Waals surface area contributed by atoms with Crippen LogP contribution in [0.4, 0.5) is 8.78 Å². The fourth-order valence-corrected chi connectivity index (χ4v) is 3.99. The first kappa shape index (κ1) is 15.7. The molecule has 2 fully saturated rings.